The second-order valence-corrected chi connectivity index (χ2v) is 7.96. The molecule has 0 atom stereocenters. The predicted molar refractivity (Wildman–Crippen MR) is 78.0 cm³/mol. The highest BCUT2D eigenvalue weighted by atomic mass is 32.2. The van der Waals surface area contributed by atoms with Crippen LogP contribution in [0.5, 0.6) is 5.75 Å². The molecular weight excluding hydrogens is 282 g/mol. The highest BCUT2D eigenvalue weighted by Crippen LogP contribution is 2.39. The average molecular weight is 301 g/mol. The molecule has 0 saturated heterocycles. The molecule has 0 radical (unpaired) electrons. The summed E-state index contributed by atoms with van der Waals surface area (Å²) in [4.78, 5) is 0.113. The summed E-state index contributed by atoms with van der Waals surface area (Å²) in [6.45, 7) is 0.451. The Hall–Kier alpha value is -0.720. The van der Waals surface area contributed by atoms with Gasteiger partial charge in [0.25, 0.3) is 0 Å². The number of thioether (sulfide) groups is 1. The van der Waals surface area contributed by atoms with Gasteiger partial charge in [-0.25, -0.2) is 13.1 Å². The first-order chi connectivity index (χ1) is 8.97. The molecule has 1 aromatic rings. The molecule has 6 heteroatoms. The average Bonchev–Trinajstić information content (AvgIpc) is 2.86. The van der Waals surface area contributed by atoms with Crippen LogP contribution in [-0.4, -0.2) is 31.1 Å². The summed E-state index contributed by atoms with van der Waals surface area (Å²) in [6, 6.07) is 5.74. The van der Waals surface area contributed by atoms with Crippen molar-refractivity contribution >= 4 is 21.8 Å². The van der Waals surface area contributed by atoms with Crippen molar-refractivity contribution in [2.24, 2.45) is 0 Å². The van der Waals surface area contributed by atoms with E-state index in [0.717, 1.165) is 25.7 Å². The SMILES string of the molecule is CSC1(CNS(=O)(=O)c2cccc(O)c2)CCCC1. The number of phenolic OH excluding ortho intramolecular Hbond substituents is 1. The summed E-state index contributed by atoms with van der Waals surface area (Å²) in [7, 11) is -3.54. The molecule has 1 fully saturated rings. The molecule has 0 aliphatic heterocycles. The second-order valence-electron chi connectivity index (χ2n) is 4.92. The van der Waals surface area contributed by atoms with E-state index in [1.807, 2.05) is 6.26 Å². The molecule has 1 aliphatic carbocycles. The highest BCUT2D eigenvalue weighted by molar-refractivity contribution is 8.00. The van der Waals surface area contributed by atoms with Gasteiger partial charge in [0, 0.05) is 11.3 Å². The molecule has 2 N–H and O–H groups in total. The van der Waals surface area contributed by atoms with E-state index >= 15 is 0 Å². The molecule has 1 saturated carbocycles. The highest BCUT2D eigenvalue weighted by Gasteiger charge is 2.34. The number of aromatic hydroxyl groups is 1. The number of nitrogens with one attached hydrogen (secondary N) is 1. The van der Waals surface area contributed by atoms with E-state index in [1.54, 1.807) is 11.8 Å². The Morgan fingerprint density at radius 1 is 1.37 bits per heavy atom. The first-order valence-corrected chi connectivity index (χ1v) is 9.02. The van der Waals surface area contributed by atoms with Gasteiger partial charge in [-0.3, -0.25) is 0 Å². The fourth-order valence-corrected chi connectivity index (χ4v) is 4.60. The molecule has 0 amide bonds. The van der Waals surface area contributed by atoms with Crippen molar-refractivity contribution in [3.63, 3.8) is 0 Å². The Balaban J connectivity index is 2.09. The normalized spacial score (nSPS) is 18.6. The molecule has 19 heavy (non-hydrogen) atoms. The van der Waals surface area contributed by atoms with E-state index in [4.69, 9.17) is 0 Å². The van der Waals surface area contributed by atoms with Crippen LogP contribution in [0.25, 0.3) is 0 Å². The molecule has 106 valence electrons. The van der Waals surface area contributed by atoms with Crippen molar-refractivity contribution in [3.05, 3.63) is 24.3 Å². The van der Waals surface area contributed by atoms with Crippen molar-refractivity contribution in [1.82, 2.24) is 4.72 Å². The Morgan fingerprint density at radius 2 is 2.05 bits per heavy atom. The smallest absolute Gasteiger partial charge is 0.240 e. The predicted octanol–water partition coefficient (Wildman–Crippen LogP) is 2.35. The summed E-state index contributed by atoms with van der Waals surface area (Å²) in [6.07, 6.45) is 6.46. The van der Waals surface area contributed by atoms with Crippen molar-refractivity contribution in [1.29, 1.82) is 0 Å². The lowest BCUT2D eigenvalue weighted by Crippen LogP contribution is -2.38. The van der Waals surface area contributed by atoms with Crippen LogP contribution in [0.1, 0.15) is 25.7 Å². The zero-order valence-electron chi connectivity index (χ0n) is 10.9. The van der Waals surface area contributed by atoms with Crippen molar-refractivity contribution < 1.29 is 13.5 Å². The van der Waals surface area contributed by atoms with Crippen LogP contribution < -0.4 is 4.72 Å². The standard InChI is InChI=1S/C13H19NO3S2/c1-18-13(7-2-3-8-13)10-14-19(16,17)12-6-4-5-11(15)9-12/h4-6,9,14-15H,2-3,7-8,10H2,1H3. The molecule has 0 spiro atoms. The van der Waals surface area contributed by atoms with E-state index in [1.165, 1.54) is 24.3 Å². The number of hydrogen-bond acceptors (Lipinski definition) is 4. The molecule has 0 bridgehead atoms. The number of rotatable bonds is 5. The van der Waals surface area contributed by atoms with E-state index in [-0.39, 0.29) is 15.4 Å². The fourth-order valence-electron chi connectivity index (χ4n) is 2.43. The molecule has 0 unspecified atom stereocenters. The van der Waals surface area contributed by atoms with Gasteiger partial charge in [0.05, 0.1) is 4.90 Å². The topological polar surface area (TPSA) is 66.4 Å². The van der Waals surface area contributed by atoms with Crippen LogP contribution in [0, 0.1) is 0 Å². The van der Waals surface area contributed by atoms with Gasteiger partial charge >= 0.3 is 0 Å². The third-order valence-electron chi connectivity index (χ3n) is 3.66. The lowest BCUT2D eigenvalue weighted by molar-refractivity contribution is 0.473. The second kappa shape index (κ2) is 5.73. The van der Waals surface area contributed by atoms with Crippen LogP contribution in [0.15, 0.2) is 29.2 Å². The molecule has 1 aliphatic rings. The summed E-state index contributed by atoms with van der Waals surface area (Å²) in [5, 5.41) is 9.36. The van der Waals surface area contributed by atoms with Gasteiger partial charge in [0.1, 0.15) is 5.75 Å². The van der Waals surface area contributed by atoms with Crippen LogP contribution in [0.3, 0.4) is 0 Å². The zero-order valence-corrected chi connectivity index (χ0v) is 12.6. The van der Waals surface area contributed by atoms with Gasteiger partial charge in [-0.05, 0) is 37.3 Å². The van der Waals surface area contributed by atoms with Gasteiger partial charge in [-0.15, -0.1) is 0 Å². The van der Waals surface area contributed by atoms with Gasteiger partial charge in [0.15, 0.2) is 0 Å². The van der Waals surface area contributed by atoms with E-state index in [9.17, 15) is 13.5 Å². The minimum atomic E-state index is -3.54. The summed E-state index contributed by atoms with van der Waals surface area (Å²) >= 11 is 1.74. The van der Waals surface area contributed by atoms with E-state index < -0.39 is 10.0 Å². The van der Waals surface area contributed by atoms with Crippen LogP contribution in [0.2, 0.25) is 0 Å². The van der Waals surface area contributed by atoms with Crippen molar-refractivity contribution in [3.8, 4) is 5.75 Å². The zero-order chi connectivity index (χ0) is 13.9. The van der Waals surface area contributed by atoms with E-state index in [2.05, 4.69) is 4.72 Å². The van der Waals surface area contributed by atoms with Crippen molar-refractivity contribution in [2.75, 3.05) is 12.8 Å². The maximum absolute atomic E-state index is 12.2. The van der Waals surface area contributed by atoms with Crippen molar-refractivity contribution in [2.45, 2.75) is 35.3 Å². The third-order valence-corrected chi connectivity index (χ3v) is 6.48. The largest absolute Gasteiger partial charge is 0.508 e. The van der Waals surface area contributed by atoms with Gasteiger partial charge in [-0.1, -0.05) is 18.9 Å². The van der Waals surface area contributed by atoms with Gasteiger partial charge in [-0.2, -0.15) is 11.8 Å². The third kappa shape index (κ3) is 3.43. The quantitative estimate of drug-likeness (QED) is 0.876. The number of hydrogen-bond donors (Lipinski definition) is 2. The first-order valence-electron chi connectivity index (χ1n) is 6.31. The molecule has 1 aromatic carbocycles. The Morgan fingerprint density at radius 3 is 2.63 bits per heavy atom. The van der Waals surface area contributed by atoms with Crippen LogP contribution >= 0.6 is 11.8 Å². The Bertz CT molecular complexity index is 537. The number of sulfonamides is 1. The van der Waals surface area contributed by atoms with E-state index in [0.29, 0.717) is 6.54 Å². The van der Waals surface area contributed by atoms with Gasteiger partial charge in [0.2, 0.25) is 10.0 Å². The first kappa shape index (κ1) is 14.7. The van der Waals surface area contributed by atoms with Crippen LogP contribution in [0.4, 0.5) is 0 Å². The molecule has 0 aromatic heterocycles. The molecular formula is C13H19NO3S2. The number of phenols is 1. The Kier molecular flexibility index (Phi) is 4.43. The minimum absolute atomic E-state index is 0.0316. The monoisotopic (exact) mass is 301 g/mol. The minimum Gasteiger partial charge on any atom is -0.508 e. The Labute approximate surface area is 118 Å². The summed E-state index contributed by atoms with van der Waals surface area (Å²) in [5.41, 5.74) is 0. The maximum Gasteiger partial charge on any atom is 0.240 e. The lowest BCUT2D eigenvalue weighted by atomic mass is 10.1. The molecule has 0 heterocycles. The number of benzene rings is 1. The maximum atomic E-state index is 12.2. The summed E-state index contributed by atoms with van der Waals surface area (Å²) in [5.74, 6) is -0.0386. The van der Waals surface area contributed by atoms with Crippen LogP contribution in [-0.2, 0) is 10.0 Å². The molecule has 2 rings (SSSR count). The fraction of sp³-hybridized carbons (Fsp3) is 0.538. The van der Waals surface area contributed by atoms with Gasteiger partial charge < -0.3 is 5.11 Å². The molecule has 4 nitrogen and oxygen atoms in total. The summed E-state index contributed by atoms with van der Waals surface area (Å²) < 4.78 is 27.0. The lowest BCUT2D eigenvalue weighted by Gasteiger charge is -2.26.